The van der Waals surface area contributed by atoms with Crippen LogP contribution in [0.3, 0.4) is 0 Å². The molecule has 0 saturated heterocycles. The van der Waals surface area contributed by atoms with E-state index in [0.717, 1.165) is 71.0 Å². The number of hydrogen-bond donors (Lipinski definition) is 4. The lowest BCUT2D eigenvalue weighted by Crippen LogP contribution is -2.50. The minimum Gasteiger partial charge on any atom is -0.380 e. The fourth-order valence-corrected chi connectivity index (χ4v) is 3.93. The van der Waals surface area contributed by atoms with Crippen LogP contribution >= 0.6 is 0 Å². The Balaban J connectivity index is 3.91. The third-order valence-corrected chi connectivity index (χ3v) is 6.27. The normalized spacial score (nSPS) is 13.1. The second-order valence-corrected chi connectivity index (χ2v) is 9.56. The third kappa shape index (κ3) is 18.2. The van der Waals surface area contributed by atoms with Gasteiger partial charge in [-0.15, -0.1) is 0 Å². The molecule has 0 aliphatic carbocycles. The van der Waals surface area contributed by atoms with Crippen LogP contribution < -0.4 is 10.6 Å². The predicted molar refractivity (Wildman–Crippen MR) is 141 cm³/mol. The molecule has 0 aliphatic heterocycles. The Bertz CT molecular complexity index is 482. The fraction of sp³-hybridized carbons (Fsp3) is 0.926. The first-order chi connectivity index (χ1) is 16.5. The SMILES string of the molecule is CCCCCCCCCCCCNC(=O)C(O)C(O)C(=O)NCCCN(CCCC)CCCC. The average Bonchev–Trinajstić information content (AvgIpc) is 2.84. The highest BCUT2D eigenvalue weighted by molar-refractivity contribution is 5.90. The van der Waals surface area contributed by atoms with E-state index in [1.54, 1.807) is 0 Å². The van der Waals surface area contributed by atoms with E-state index in [9.17, 15) is 19.8 Å². The molecule has 0 aromatic heterocycles. The zero-order chi connectivity index (χ0) is 25.4. The van der Waals surface area contributed by atoms with Gasteiger partial charge in [0.25, 0.3) is 11.8 Å². The Morgan fingerprint density at radius 2 is 0.912 bits per heavy atom. The van der Waals surface area contributed by atoms with Crippen molar-refractivity contribution in [2.45, 2.75) is 129 Å². The van der Waals surface area contributed by atoms with Gasteiger partial charge in [0.05, 0.1) is 0 Å². The number of nitrogens with zero attached hydrogens (tertiary/aromatic N) is 1. The molecule has 0 heterocycles. The van der Waals surface area contributed by atoms with Gasteiger partial charge in [-0.1, -0.05) is 91.4 Å². The summed E-state index contributed by atoms with van der Waals surface area (Å²) in [6.07, 6.45) is 14.0. The molecule has 0 aliphatic rings. The Morgan fingerprint density at radius 1 is 0.559 bits per heavy atom. The number of carbonyl (C=O) groups is 2. The van der Waals surface area contributed by atoms with Crippen LogP contribution in [0.4, 0.5) is 0 Å². The molecule has 7 nitrogen and oxygen atoms in total. The van der Waals surface area contributed by atoms with Gasteiger partial charge in [0.15, 0.2) is 12.2 Å². The maximum atomic E-state index is 12.1. The Morgan fingerprint density at radius 3 is 1.35 bits per heavy atom. The van der Waals surface area contributed by atoms with E-state index in [0.29, 0.717) is 13.1 Å². The Hall–Kier alpha value is -1.18. The highest BCUT2D eigenvalue weighted by Crippen LogP contribution is 2.10. The topological polar surface area (TPSA) is 102 Å². The number of hydrogen-bond acceptors (Lipinski definition) is 5. The van der Waals surface area contributed by atoms with Crippen LogP contribution in [0.5, 0.6) is 0 Å². The molecule has 0 rings (SSSR count). The highest BCUT2D eigenvalue weighted by atomic mass is 16.3. The number of amides is 2. The lowest BCUT2D eigenvalue weighted by atomic mass is 10.1. The molecule has 0 fully saturated rings. The van der Waals surface area contributed by atoms with Crippen molar-refractivity contribution in [1.82, 2.24) is 15.5 Å². The summed E-state index contributed by atoms with van der Waals surface area (Å²) < 4.78 is 0. The van der Waals surface area contributed by atoms with Gasteiger partial charge in [-0.2, -0.15) is 0 Å². The van der Waals surface area contributed by atoms with Crippen molar-refractivity contribution in [3.05, 3.63) is 0 Å². The molecule has 2 atom stereocenters. The molecule has 4 N–H and O–H groups in total. The third-order valence-electron chi connectivity index (χ3n) is 6.27. The van der Waals surface area contributed by atoms with Gasteiger partial charge in [-0.05, 0) is 45.3 Å². The van der Waals surface area contributed by atoms with Crippen molar-refractivity contribution in [3.8, 4) is 0 Å². The van der Waals surface area contributed by atoms with Crippen molar-refractivity contribution in [1.29, 1.82) is 0 Å². The molecule has 0 spiro atoms. The molecule has 0 radical (unpaired) electrons. The van der Waals surface area contributed by atoms with Crippen LogP contribution in [-0.2, 0) is 9.59 Å². The van der Waals surface area contributed by atoms with Crippen LogP contribution in [0.1, 0.15) is 117 Å². The largest absolute Gasteiger partial charge is 0.380 e. The molecule has 34 heavy (non-hydrogen) atoms. The summed E-state index contributed by atoms with van der Waals surface area (Å²) in [5.41, 5.74) is 0. The maximum absolute atomic E-state index is 12.1. The van der Waals surface area contributed by atoms with E-state index in [2.05, 4.69) is 36.3 Å². The lowest BCUT2D eigenvalue weighted by molar-refractivity contribution is -0.146. The Kier molecular flexibility index (Phi) is 22.7. The van der Waals surface area contributed by atoms with Gasteiger partial charge in [-0.3, -0.25) is 9.59 Å². The minimum atomic E-state index is -1.75. The zero-order valence-corrected chi connectivity index (χ0v) is 22.5. The quantitative estimate of drug-likeness (QED) is 0.154. The number of rotatable bonds is 24. The standard InChI is InChI=1S/C27H55N3O4/c1-4-7-10-11-12-13-14-15-16-17-19-28-26(33)24(31)25(32)27(34)29-20-18-23-30(21-8-5-2)22-9-6-3/h24-25,31-32H,4-23H2,1-3H3,(H,28,33)(H,29,34). The first-order valence-corrected chi connectivity index (χ1v) is 14.1. The lowest BCUT2D eigenvalue weighted by Gasteiger charge is -2.22. The molecule has 0 bridgehead atoms. The molecule has 0 aromatic rings. The predicted octanol–water partition coefficient (Wildman–Crippen LogP) is 4.15. The second kappa shape index (κ2) is 23.6. The van der Waals surface area contributed by atoms with Crippen molar-refractivity contribution in [2.75, 3.05) is 32.7 Å². The molecule has 0 aromatic carbocycles. The number of aliphatic hydroxyl groups excluding tert-OH is 2. The summed E-state index contributed by atoms with van der Waals surface area (Å²) in [4.78, 5) is 26.6. The number of carbonyl (C=O) groups excluding carboxylic acids is 2. The van der Waals surface area contributed by atoms with Gasteiger partial charge < -0.3 is 25.7 Å². The first-order valence-electron chi connectivity index (χ1n) is 14.1. The van der Waals surface area contributed by atoms with Gasteiger partial charge in [0.1, 0.15) is 0 Å². The summed E-state index contributed by atoms with van der Waals surface area (Å²) in [6, 6.07) is 0. The highest BCUT2D eigenvalue weighted by Gasteiger charge is 2.29. The molecule has 7 heteroatoms. The first kappa shape index (κ1) is 32.8. The van der Waals surface area contributed by atoms with Gasteiger partial charge in [0.2, 0.25) is 0 Å². The van der Waals surface area contributed by atoms with Gasteiger partial charge in [0, 0.05) is 13.1 Å². The van der Waals surface area contributed by atoms with E-state index in [-0.39, 0.29) is 0 Å². The summed E-state index contributed by atoms with van der Waals surface area (Å²) in [7, 11) is 0. The number of unbranched alkanes of at least 4 members (excludes halogenated alkanes) is 11. The average molecular weight is 486 g/mol. The van der Waals surface area contributed by atoms with Crippen molar-refractivity contribution in [3.63, 3.8) is 0 Å². The molecular formula is C27H55N3O4. The van der Waals surface area contributed by atoms with E-state index >= 15 is 0 Å². The Labute approximate surface area is 209 Å². The number of aliphatic hydroxyl groups is 2. The van der Waals surface area contributed by atoms with Crippen molar-refractivity contribution < 1.29 is 19.8 Å². The molecule has 2 amide bonds. The van der Waals surface area contributed by atoms with Gasteiger partial charge in [-0.25, -0.2) is 0 Å². The van der Waals surface area contributed by atoms with Crippen molar-refractivity contribution in [2.24, 2.45) is 0 Å². The van der Waals surface area contributed by atoms with Crippen LogP contribution in [0.25, 0.3) is 0 Å². The fourth-order valence-electron chi connectivity index (χ4n) is 3.93. The van der Waals surface area contributed by atoms with E-state index in [1.165, 1.54) is 44.9 Å². The van der Waals surface area contributed by atoms with E-state index in [4.69, 9.17) is 0 Å². The molecule has 0 saturated carbocycles. The summed E-state index contributed by atoms with van der Waals surface area (Å²) >= 11 is 0. The summed E-state index contributed by atoms with van der Waals surface area (Å²) in [5.74, 6) is -1.39. The smallest absolute Gasteiger partial charge is 0.252 e. The van der Waals surface area contributed by atoms with E-state index < -0.39 is 24.0 Å². The van der Waals surface area contributed by atoms with Crippen LogP contribution in [-0.4, -0.2) is 71.9 Å². The zero-order valence-electron chi connectivity index (χ0n) is 22.5. The number of nitrogens with one attached hydrogen (secondary N) is 2. The second-order valence-electron chi connectivity index (χ2n) is 9.56. The molecular weight excluding hydrogens is 430 g/mol. The van der Waals surface area contributed by atoms with Crippen molar-refractivity contribution >= 4 is 11.8 Å². The van der Waals surface area contributed by atoms with Crippen LogP contribution in [0, 0.1) is 0 Å². The monoisotopic (exact) mass is 485 g/mol. The summed E-state index contributed by atoms with van der Waals surface area (Å²) in [6.45, 7) is 10.5. The molecule has 2 unspecified atom stereocenters. The van der Waals surface area contributed by atoms with Gasteiger partial charge >= 0.3 is 0 Å². The maximum Gasteiger partial charge on any atom is 0.252 e. The van der Waals surface area contributed by atoms with Crippen LogP contribution in [0.2, 0.25) is 0 Å². The minimum absolute atomic E-state index is 0.414. The molecule has 202 valence electrons. The summed E-state index contributed by atoms with van der Waals surface area (Å²) in [5, 5.41) is 25.3. The van der Waals surface area contributed by atoms with Crippen LogP contribution in [0.15, 0.2) is 0 Å². The van der Waals surface area contributed by atoms with E-state index in [1.807, 2.05) is 0 Å².